The van der Waals surface area contributed by atoms with E-state index >= 15 is 0 Å². The van der Waals surface area contributed by atoms with Gasteiger partial charge in [0.25, 0.3) is 0 Å². The van der Waals surface area contributed by atoms with Gasteiger partial charge in [0.1, 0.15) is 0 Å². The Bertz CT molecular complexity index is 495. The molecule has 17 heavy (non-hydrogen) atoms. The van der Waals surface area contributed by atoms with E-state index in [2.05, 4.69) is 36.6 Å². The fourth-order valence-electron chi connectivity index (χ4n) is 1.48. The monoisotopic (exact) mass is 381 g/mol. The molecule has 0 radical (unpaired) electrons. The number of hydrogen-bond donors (Lipinski definition) is 1. The third-order valence-electron chi connectivity index (χ3n) is 3.00. The number of rotatable bonds is 5. The first-order valence-corrected chi connectivity index (χ1v) is 8.68. The van der Waals surface area contributed by atoms with Crippen LogP contribution in [-0.2, 0) is 10.0 Å². The van der Waals surface area contributed by atoms with Gasteiger partial charge in [0.2, 0.25) is 10.0 Å². The smallest absolute Gasteiger partial charge is 0.211 e. The van der Waals surface area contributed by atoms with Crippen molar-refractivity contribution in [1.82, 2.24) is 4.72 Å². The van der Waals surface area contributed by atoms with Gasteiger partial charge in [0.15, 0.2) is 0 Å². The molecule has 1 aliphatic carbocycles. The van der Waals surface area contributed by atoms with E-state index in [1.807, 2.05) is 0 Å². The average Bonchev–Trinajstić information content (AvgIpc) is 3.08. The lowest BCUT2D eigenvalue weighted by atomic mass is 10.1. The van der Waals surface area contributed by atoms with E-state index in [4.69, 9.17) is 0 Å². The van der Waals surface area contributed by atoms with Crippen LogP contribution in [0, 0.1) is 5.41 Å². The first kappa shape index (κ1) is 13.5. The standard InChI is InChI=1S/C11H13Br2NO2S/c12-7-11(5-6-11)8-14-17(15,16)10-3-1-9(13)2-4-10/h1-4,14H,5-8H2. The number of hydrogen-bond acceptors (Lipinski definition) is 2. The fraction of sp³-hybridized carbons (Fsp3) is 0.455. The lowest BCUT2D eigenvalue weighted by Crippen LogP contribution is -2.31. The normalized spacial score (nSPS) is 18.0. The highest BCUT2D eigenvalue weighted by molar-refractivity contribution is 9.10. The molecule has 1 fully saturated rings. The second-order valence-corrected chi connectivity index (χ2v) is 7.66. The molecule has 1 aromatic carbocycles. The maximum Gasteiger partial charge on any atom is 0.240 e. The molecule has 0 heterocycles. The zero-order valence-corrected chi connectivity index (χ0v) is 13.1. The predicted octanol–water partition coefficient (Wildman–Crippen LogP) is 2.90. The van der Waals surface area contributed by atoms with Gasteiger partial charge in [0.05, 0.1) is 4.90 Å². The molecule has 6 heteroatoms. The zero-order valence-electron chi connectivity index (χ0n) is 9.12. The Balaban J connectivity index is 2.06. The molecule has 2 rings (SSSR count). The van der Waals surface area contributed by atoms with E-state index in [1.54, 1.807) is 24.3 Å². The summed E-state index contributed by atoms with van der Waals surface area (Å²) in [6.45, 7) is 0.511. The number of alkyl halides is 1. The van der Waals surface area contributed by atoms with Crippen molar-refractivity contribution in [3.05, 3.63) is 28.7 Å². The van der Waals surface area contributed by atoms with Crippen LogP contribution < -0.4 is 4.72 Å². The number of benzene rings is 1. The molecule has 1 saturated carbocycles. The first-order valence-electron chi connectivity index (χ1n) is 5.29. The van der Waals surface area contributed by atoms with Crippen molar-refractivity contribution in [3.63, 3.8) is 0 Å². The van der Waals surface area contributed by atoms with Crippen molar-refractivity contribution in [1.29, 1.82) is 0 Å². The van der Waals surface area contributed by atoms with Crippen LogP contribution in [0.2, 0.25) is 0 Å². The SMILES string of the molecule is O=S(=O)(NCC1(CBr)CC1)c1ccc(Br)cc1. The van der Waals surface area contributed by atoms with Gasteiger partial charge in [-0.25, -0.2) is 13.1 Å². The third-order valence-corrected chi connectivity index (χ3v) is 6.14. The molecule has 1 aliphatic rings. The Morgan fingerprint density at radius 1 is 1.24 bits per heavy atom. The lowest BCUT2D eigenvalue weighted by Gasteiger charge is -2.13. The quantitative estimate of drug-likeness (QED) is 0.796. The summed E-state index contributed by atoms with van der Waals surface area (Å²) in [6.07, 6.45) is 2.17. The summed E-state index contributed by atoms with van der Waals surface area (Å²) >= 11 is 6.71. The molecule has 0 aromatic heterocycles. The van der Waals surface area contributed by atoms with Crippen molar-refractivity contribution in [2.24, 2.45) is 5.41 Å². The summed E-state index contributed by atoms with van der Waals surface area (Å²) in [5.41, 5.74) is 0.141. The largest absolute Gasteiger partial charge is 0.240 e. The van der Waals surface area contributed by atoms with E-state index in [-0.39, 0.29) is 5.41 Å². The summed E-state index contributed by atoms with van der Waals surface area (Å²) in [5, 5.41) is 0.850. The molecular weight excluding hydrogens is 370 g/mol. The van der Waals surface area contributed by atoms with E-state index < -0.39 is 10.0 Å². The molecular formula is C11H13Br2NO2S. The van der Waals surface area contributed by atoms with Crippen LogP contribution in [0.5, 0.6) is 0 Å². The molecule has 3 nitrogen and oxygen atoms in total. The average molecular weight is 383 g/mol. The highest BCUT2D eigenvalue weighted by Gasteiger charge is 2.42. The van der Waals surface area contributed by atoms with Crippen molar-refractivity contribution in [2.75, 3.05) is 11.9 Å². The molecule has 0 bridgehead atoms. The number of nitrogens with one attached hydrogen (secondary N) is 1. The van der Waals surface area contributed by atoms with Crippen LogP contribution in [0.3, 0.4) is 0 Å². The summed E-state index contributed by atoms with van der Waals surface area (Å²) in [7, 11) is -3.37. The highest BCUT2D eigenvalue weighted by Crippen LogP contribution is 2.46. The van der Waals surface area contributed by atoms with Gasteiger partial charge in [-0.05, 0) is 42.5 Å². The molecule has 1 aromatic rings. The lowest BCUT2D eigenvalue weighted by molar-refractivity contribution is 0.538. The molecule has 0 aliphatic heterocycles. The van der Waals surface area contributed by atoms with E-state index in [9.17, 15) is 8.42 Å². The molecule has 0 amide bonds. The van der Waals surface area contributed by atoms with Crippen LogP contribution in [0.25, 0.3) is 0 Å². The maximum atomic E-state index is 12.0. The molecule has 94 valence electrons. The summed E-state index contributed by atoms with van der Waals surface area (Å²) in [6, 6.07) is 6.65. The van der Waals surface area contributed by atoms with Gasteiger partial charge < -0.3 is 0 Å². The van der Waals surface area contributed by atoms with Crippen molar-refractivity contribution < 1.29 is 8.42 Å². The van der Waals surface area contributed by atoms with Gasteiger partial charge in [-0.3, -0.25) is 0 Å². The number of halogens is 2. The fourth-order valence-corrected chi connectivity index (χ4v) is 3.66. The zero-order chi connectivity index (χ0) is 12.5. The second kappa shape index (κ2) is 4.99. The molecule has 0 saturated heterocycles. The Labute approximate surface area is 118 Å². The minimum absolute atomic E-state index is 0.141. The predicted molar refractivity (Wildman–Crippen MR) is 74.8 cm³/mol. The minimum atomic E-state index is -3.37. The third kappa shape index (κ3) is 3.30. The summed E-state index contributed by atoms with van der Waals surface area (Å²) in [5.74, 6) is 0. The van der Waals surface area contributed by atoms with E-state index in [0.29, 0.717) is 11.4 Å². The topological polar surface area (TPSA) is 46.2 Å². The van der Waals surface area contributed by atoms with Crippen molar-refractivity contribution in [3.8, 4) is 0 Å². The molecule has 0 spiro atoms. The van der Waals surface area contributed by atoms with Gasteiger partial charge in [0, 0.05) is 16.3 Å². The van der Waals surface area contributed by atoms with Crippen LogP contribution in [0.1, 0.15) is 12.8 Å². The van der Waals surface area contributed by atoms with Crippen molar-refractivity contribution in [2.45, 2.75) is 17.7 Å². The first-order chi connectivity index (χ1) is 7.97. The van der Waals surface area contributed by atoms with Crippen LogP contribution in [0.4, 0.5) is 0 Å². The Morgan fingerprint density at radius 2 is 1.82 bits per heavy atom. The summed E-state index contributed by atoms with van der Waals surface area (Å²) < 4.78 is 27.5. The minimum Gasteiger partial charge on any atom is -0.211 e. The van der Waals surface area contributed by atoms with Crippen LogP contribution in [0.15, 0.2) is 33.6 Å². The molecule has 0 atom stereocenters. The molecule has 0 unspecified atom stereocenters. The Morgan fingerprint density at radius 3 is 2.29 bits per heavy atom. The van der Waals surface area contributed by atoms with Gasteiger partial charge in [-0.1, -0.05) is 31.9 Å². The highest BCUT2D eigenvalue weighted by atomic mass is 79.9. The van der Waals surface area contributed by atoms with E-state index in [0.717, 1.165) is 22.6 Å². The summed E-state index contributed by atoms with van der Waals surface area (Å²) in [4.78, 5) is 0.311. The van der Waals surface area contributed by atoms with Crippen molar-refractivity contribution >= 4 is 41.9 Å². The second-order valence-electron chi connectivity index (χ2n) is 4.41. The number of sulfonamides is 1. The Kier molecular flexibility index (Phi) is 3.97. The Hall–Kier alpha value is 0.0900. The molecule has 1 N–H and O–H groups in total. The van der Waals surface area contributed by atoms with Crippen LogP contribution >= 0.6 is 31.9 Å². The van der Waals surface area contributed by atoms with Gasteiger partial charge in [-0.15, -0.1) is 0 Å². The maximum absolute atomic E-state index is 12.0. The van der Waals surface area contributed by atoms with Gasteiger partial charge >= 0.3 is 0 Å². The van der Waals surface area contributed by atoms with Crippen LogP contribution in [-0.4, -0.2) is 20.3 Å². The van der Waals surface area contributed by atoms with Gasteiger partial charge in [-0.2, -0.15) is 0 Å². The van der Waals surface area contributed by atoms with E-state index in [1.165, 1.54) is 0 Å².